The van der Waals surface area contributed by atoms with E-state index >= 15 is 0 Å². The molecule has 134 valence electrons. The van der Waals surface area contributed by atoms with Crippen LogP contribution >= 0.6 is 11.8 Å². The van der Waals surface area contributed by atoms with Crippen molar-refractivity contribution in [3.05, 3.63) is 90.9 Å². The molecule has 0 aliphatic carbocycles. The summed E-state index contributed by atoms with van der Waals surface area (Å²) in [5, 5.41) is 6.94. The number of aromatic nitrogens is 3. The van der Waals surface area contributed by atoms with Gasteiger partial charge in [0.2, 0.25) is 0 Å². The van der Waals surface area contributed by atoms with Crippen LogP contribution in [0.15, 0.2) is 88.9 Å². The third kappa shape index (κ3) is 4.09. The molecule has 0 fully saturated rings. The van der Waals surface area contributed by atoms with Gasteiger partial charge in [-0.2, -0.15) is 5.10 Å². The molecule has 0 aliphatic heterocycles. The van der Waals surface area contributed by atoms with E-state index in [4.69, 9.17) is 4.42 Å². The zero-order valence-electron chi connectivity index (χ0n) is 14.3. The van der Waals surface area contributed by atoms with Gasteiger partial charge in [-0.15, -0.1) is 11.8 Å². The molecule has 4 rings (SSSR count). The molecule has 27 heavy (non-hydrogen) atoms. The van der Waals surface area contributed by atoms with Gasteiger partial charge in [-0.05, 0) is 42.5 Å². The van der Waals surface area contributed by atoms with Gasteiger partial charge in [-0.25, -0.2) is 9.67 Å². The maximum absolute atomic E-state index is 12.6. The van der Waals surface area contributed by atoms with Crippen LogP contribution in [0.5, 0.6) is 0 Å². The standard InChI is InChI=1S/C20H16N4O2S/c25-20(23-16-6-8-17(9-7-16)24-14-21-13-22-24)19-15(10-11-26-19)12-27-18-4-2-1-3-5-18/h1-11,13-14H,12H2,(H,23,25). The Morgan fingerprint density at radius 1 is 1.07 bits per heavy atom. The first kappa shape index (κ1) is 17.1. The Balaban J connectivity index is 1.42. The molecule has 0 bridgehead atoms. The van der Waals surface area contributed by atoms with Gasteiger partial charge in [-0.1, -0.05) is 18.2 Å². The van der Waals surface area contributed by atoms with Crippen molar-refractivity contribution in [3.8, 4) is 5.69 Å². The van der Waals surface area contributed by atoms with Gasteiger partial charge in [0.25, 0.3) is 5.91 Å². The number of carbonyl (C=O) groups is 1. The van der Waals surface area contributed by atoms with E-state index in [0.29, 0.717) is 17.2 Å². The summed E-state index contributed by atoms with van der Waals surface area (Å²) in [6.45, 7) is 0. The SMILES string of the molecule is O=C(Nc1ccc(-n2cncn2)cc1)c1occc1CSc1ccccc1. The molecule has 1 N–H and O–H groups in total. The Labute approximate surface area is 160 Å². The molecule has 2 aromatic carbocycles. The molecule has 0 spiro atoms. The van der Waals surface area contributed by atoms with Crippen LogP contribution < -0.4 is 5.32 Å². The number of anilines is 1. The summed E-state index contributed by atoms with van der Waals surface area (Å²) in [5.41, 5.74) is 2.41. The van der Waals surface area contributed by atoms with E-state index < -0.39 is 0 Å². The summed E-state index contributed by atoms with van der Waals surface area (Å²) in [7, 11) is 0. The molecular formula is C20H16N4O2S. The largest absolute Gasteiger partial charge is 0.459 e. The van der Waals surface area contributed by atoms with E-state index in [9.17, 15) is 4.79 Å². The summed E-state index contributed by atoms with van der Waals surface area (Å²) < 4.78 is 7.07. The summed E-state index contributed by atoms with van der Waals surface area (Å²) in [6, 6.07) is 19.2. The van der Waals surface area contributed by atoms with Crippen molar-refractivity contribution >= 4 is 23.4 Å². The van der Waals surface area contributed by atoms with Crippen LogP contribution in [0.1, 0.15) is 16.1 Å². The molecule has 7 heteroatoms. The highest BCUT2D eigenvalue weighted by molar-refractivity contribution is 7.98. The first-order valence-electron chi connectivity index (χ1n) is 8.30. The summed E-state index contributed by atoms with van der Waals surface area (Å²) in [4.78, 5) is 17.6. The number of rotatable bonds is 6. The normalized spacial score (nSPS) is 10.7. The quantitative estimate of drug-likeness (QED) is 0.505. The third-order valence-electron chi connectivity index (χ3n) is 3.90. The van der Waals surface area contributed by atoms with Crippen LogP contribution in [-0.4, -0.2) is 20.7 Å². The zero-order valence-corrected chi connectivity index (χ0v) is 15.1. The van der Waals surface area contributed by atoms with Crippen molar-refractivity contribution in [2.45, 2.75) is 10.6 Å². The van der Waals surface area contributed by atoms with Crippen molar-refractivity contribution in [1.82, 2.24) is 14.8 Å². The van der Waals surface area contributed by atoms with Crippen LogP contribution in [0.3, 0.4) is 0 Å². The highest BCUT2D eigenvalue weighted by Crippen LogP contribution is 2.25. The summed E-state index contributed by atoms with van der Waals surface area (Å²) in [6.07, 6.45) is 4.64. The second kappa shape index (κ2) is 7.92. The van der Waals surface area contributed by atoms with Crippen molar-refractivity contribution in [2.75, 3.05) is 5.32 Å². The second-order valence-corrected chi connectivity index (χ2v) is 6.77. The molecule has 2 heterocycles. The van der Waals surface area contributed by atoms with Crippen molar-refractivity contribution in [2.24, 2.45) is 0 Å². The number of benzene rings is 2. The molecule has 6 nitrogen and oxygen atoms in total. The Hall–Kier alpha value is -3.32. The topological polar surface area (TPSA) is 73.0 Å². The van der Waals surface area contributed by atoms with Crippen molar-refractivity contribution in [1.29, 1.82) is 0 Å². The number of thioether (sulfide) groups is 1. The van der Waals surface area contributed by atoms with Crippen LogP contribution in [0.2, 0.25) is 0 Å². The molecule has 0 atom stereocenters. The van der Waals surface area contributed by atoms with E-state index in [2.05, 4.69) is 15.4 Å². The third-order valence-corrected chi connectivity index (χ3v) is 4.96. The highest BCUT2D eigenvalue weighted by Gasteiger charge is 2.16. The van der Waals surface area contributed by atoms with Crippen molar-refractivity contribution in [3.63, 3.8) is 0 Å². The van der Waals surface area contributed by atoms with Crippen LogP contribution in [0.25, 0.3) is 5.69 Å². The minimum Gasteiger partial charge on any atom is -0.459 e. The number of amides is 1. The molecule has 0 saturated heterocycles. The number of nitrogens with zero attached hydrogens (tertiary/aromatic N) is 3. The lowest BCUT2D eigenvalue weighted by Crippen LogP contribution is -2.12. The maximum atomic E-state index is 12.6. The number of nitrogens with one attached hydrogen (secondary N) is 1. The molecule has 4 aromatic rings. The minimum atomic E-state index is -0.267. The van der Waals surface area contributed by atoms with E-state index in [-0.39, 0.29) is 5.91 Å². The Morgan fingerprint density at radius 3 is 2.63 bits per heavy atom. The smallest absolute Gasteiger partial charge is 0.291 e. The van der Waals surface area contributed by atoms with Crippen LogP contribution in [-0.2, 0) is 5.75 Å². The zero-order chi connectivity index (χ0) is 18.5. The molecule has 0 saturated carbocycles. The maximum Gasteiger partial charge on any atom is 0.291 e. The Bertz CT molecular complexity index is 1010. The van der Waals surface area contributed by atoms with Gasteiger partial charge in [0, 0.05) is 21.9 Å². The first-order valence-corrected chi connectivity index (χ1v) is 9.29. The number of carbonyl (C=O) groups excluding carboxylic acids is 1. The minimum absolute atomic E-state index is 0.267. The average Bonchev–Trinajstić information content (AvgIpc) is 3.40. The van der Waals surface area contributed by atoms with Gasteiger partial charge in [0.15, 0.2) is 5.76 Å². The van der Waals surface area contributed by atoms with E-state index in [1.54, 1.807) is 29.0 Å². The fourth-order valence-electron chi connectivity index (χ4n) is 2.55. The lowest BCUT2D eigenvalue weighted by atomic mass is 10.2. The Kier molecular flexibility index (Phi) is 5.02. The number of furan rings is 1. The lowest BCUT2D eigenvalue weighted by molar-refractivity contribution is 0.0996. The number of hydrogen-bond acceptors (Lipinski definition) is 5. The van der Waals surface area contributed by atoms with Gasteiger partial charge >= 0.3 is 0 Å². The molecule has 0 unspecified atom stereocenters. The van der Waals surface area contributed by atoms with Gasteiger partial charge < -0.3 is 9.73 Å². The summed E-state index contributed by atoms with van der Waals surface area (Å²) >= 11 is 1.66. The first-order chi connectivity index (χ1) is 13.3. The van der Waals surface area contributed by atoms with Gasteiger partial charge in [0.1, 0.15) is 12.7 Å². The van der Waals surface area contributed by atoms with Crippen LogP contribution in [0.4, 0.5) is 5.69 Å². The Morgan fingerprint density at radius 2 is 1.89 bits per heavy atom. The predicted octanol–water partition coefficient (Wildman–Crippen LogP) is 4.40. The molecule has 2 aromatic heterocycles. The van der Waals surface area contributed by atoms with Crippen molar-refractivity contribution < 1.29 is 9.21 Å². The predicted molar refractivity (Wildman–Crippen MR) is 104 cm³/mol. The number of hydrogen-bond donors (Lipinski definition) is 1. The molecule has 0 aliphatic rings. The molecule has 0 radical (unpaired) electrons. The monoisotopic (exact) mass is 376 g/mol. The van der Waals surface area contributed by atoms with Gasteiger partial charge in [0.05, 0.1) is 12.0 Å². The second-order valence-electron chi connectivity index (χ2n) is 5.72. The highest BCUT2D eigenvalue weighted by atomic mass is 32.2. The lowest BCUT2D eigenvalue weighted by Gasteiger charge is -2.07. The van der Waals surface area contributed by atoms with E-state index in [1.807, 2.05) is 60.7 Å². The molecule has 1 amide bonds. The van der Waals surface area contributed by atoms with E-state index in [0.717, 1.165) is 16.1 Å². The van der Waals surface area contributed by atoms with E-state index in [1.165, 1.54) is 6.33 Å². The fourth-order valence-corrected chi connectivity index (χ4v) is 3.45. The van der Waals surface area contributed by atoms with Crippen LogP contribution in [0, 0.1) is 0 Å². The average molecular weight is 376 g/mol. The summed E-state index contributed by atoms with van der Waals surface area (Å²) in [5.74, 6) is 0.727. The van der Waals surface area contributed by atoms with Gasteiger partial charge in [-0.3, -0.25) is 4.79 Å². The molecular weight excluding hydrogens is 360 g/mol. The fraction of sp³-hybridized carbons (Fsp3) is 0.0500.